The fraction of sp³-hybridized carbons (Fsp3) is 0.391. The second kappa shape index (κ2) is 9.62. The molecular weight excluding hydrogens is 414 g/mol. The molecule has 1 fully saturated rings. The fourth-order valence-electron chi connectivity index (χ4n) is 3.08. The minimum atomic E-state index is -3.85. The maximum Gasteiger partial charge on any atom is 0.251 e. The molecule has 166 valence electrons. The van der Waals surface area contributed by atoms with Gasteiger partial charge in [-0.2, -0.15) is 4.72 Å². The lowest BCUT2D eigenvalue weighted by atomic mass is 10.0. The number of hydrogen-bond donors (Lipinski definition) is 3. The summed E-state index contributed by atoms with van der Waals surface area (Å²) in [5.74, 6) is -0.478. The maximum absolute atomic E-state index is 12.9. The van der Waals surface area contributed by atoms with Gasteiger partial charge in [0.15, 0.2) is 0 Å². The zero-order valence-electron chi connectivity index (χ0n) is 18.0. The highest BCUT2D eigenvalue weighted by atomic mass is 32.2. The molecule has 2 amide bonds. The molecule has 3 rings (SSSR count). The highest BCUT2D eigenvalue weighted by Gasteiger charge is 2.27. The Morgan fingerprint density at radius 1 is 1.00 bits per heavy atom. The number of amides is 2. The highest BCUT2D eigenvalue weighted by Crippen LogP contribution is 2.20. The number of sulfonamides is 1. The van der Waals surface area contributed by atoms with Crippen molar-refractivity contribution in [3.05, 3.63) is 59.7 Å². The van der Waals surface area contributed by atoms with Crippen LogP contribution in [0.1, 0.15) is 49.0 Å². The predicted octanol–water partition coefficient (Wildman–Crippen LogP) is 3.22. The Kier molecular flexibility index (Phi) is 7.12. The number of nitrogens with one attached hydrogen (secondary N) is 3. The molecule has 0 aromatic heterocycles. The van der Waals surface area contributed by atoms with Crippen LogP contribution >= 0.6 is 0 Å². The van der Waals surface area contributed by atoms with Crippen molar-refractivity contribution >= 4 is 27.5 Å². The van der Waals surface area contributed by atoms with Crippen molar-refractivity contribution < 1.29 is 18.0 Å². The lowest BCUT2D eigenvalue weighted by Crippen LogP contribution is -2.44. The van der Waals surface area contributed by atoms with Gasteiger partial charge in [-0.05, 0) is 68.5 Å². The molecular formula is C23H29N3O4S. The summed E-state index contributed by atoms with van der Waals surface area (Å²) < 4.78 is 28.1. The molecule has 7 nitrogen and oxygen atoms in total. The van der Waals surface area contributed by atoms with E-state index in [4.69, 9.17) is 0 Å². The number of carbonyl (C=O) groups excluding carboxylic acids is 2. The number of benzene rings is 2. The van der Waals surface area contributed by atoms with Gasteiger partial charge in [0.05, 0.1) is 4.90 Å². The number of aryl methyl sites for hydroxylation is 1. The molecule has 31 heavy (non-hydrogen) atoms. The largest absolute Gasteiger partial charge is 0.349 e. The van der Waals surface area contributed by atoms with Crippen LogP contribution in [-0.2, 0) is 14.8 Å². The van der Waals surface area contributed by atoms with Gasteiger partial charge in [-0.3, -0.25) is 9.59 Å². The van der Waals surface area contributed by atoms with Gasteiger partial charge >= 0.3 is 0 Å². The number of anilines is 1. The third-order valence-electron chi connectivity index (χ3n) is 4.98. The van der Waals surface area contributed by atoms with Crippen LogP contribution < -0.4 is 15.4 Å². The lowest BCUT2D eigenvalue weighted by Gasteiger charge is -2.20. The molecule has 1 unspecified atom stereocenters. The average molecular weight is 444 g/mol. The van der Waals surface area contributed by atoms with Gasteiger partial charge < -0.3 is 10.6 Å². The third-order valence-corrected chi connectivity index (χ3v) is 6.47. The van der Waals surface area contributed by atoms with Crippen LogP contribution in [0.5, 0.6) is 0 Å². The standard InChI is InChI=1S/C23H29N3O4S/c1-15(2)14-21(26-31(29,30)20-12-4-16(3)5-13-20)23(28)25-18-8-6-17(7-9-18)22(27)24-19-10-11-19/h4-9,12-13,15,19,21,26H,10-11,14H2,1-3H3,(H,24,27)(H,25,28). The van der Waals surface area contributed by atoms with E-state index in [-0.39, 0.29) is 22.8 Å². The molecule has 3 N–H and O–H groups in total. The van der Waals surface area contributed by atoms with Crippen LogP contribution in [0, 0.1) is 12.8 Å². The zero-order chi connectivity index (χ0) is 22.6. The summed E-state index contributed by atoms with van der Waals surface area (Å²) in [6, 6.07) is 12.4. The van der Waals surface area contributed by atoms with Crippen LogP contribution in [0.3, 0.4) is 0 Å². The van der Waals surface area contributed by atoms with Gasteiger partial charge in [0.1, 0.15) is 6.04 Å². The van der Waals surface area contributed by atoms with E-state index in [1.165, 1.54) is 12.1 Å². The Balaban J connectivity index is 1.69. The first-order chi connectivity index (χ1) is 14.6. The minimum absolute atomic E-state index is 0.102. The molecule has 2 aromatic rings. The first-order valence-corrected chi connectivity index (χ1v) is 11.9. The maximum atomic E-state index is 12.9. The smallest absolute Gasteiger partial charge is 0.251 e. The SMILES string of the molecule is Cc1ccc(S(=O)(=O)NC(CC(C)C)C(=O)Nc2ccc(C(=O)NC3CC3)cc2)cc1. The van der Waals surface area contributed by atoms with Crippen LogP contribution in [0.2, 0.25) is 0 Å². The van der Waals surface area contributed by atoms with Crippen LogP contribution in [0.4, 0.5) is 5.69 Å². The summed E-state index contributed by atoms with van der Waals surface area (Å²) in [6.45, 7) is 5.72. The minimum Gasteiger partial charge on any atom is -0.349 e. The third kappa shape index (κ3) is 6.63. The second-order valence-corrected chi connectivity index (χ2v) is 10.1. The summed E-state index contributed by atoms with van der Waals surface area (Å²) >= 11 is 0. The van der Waals surface area contributed by atoms with E-state index in [1.54, 1.807) is 36.4 Å². The molecule has 1 aliphatic carbocycles. The summed E-state index contributed by atoms with van der Waals surface area (Å²) in [5.41, 5.74) is 1.96. The zero-order valence-corrected chi connectivity index (χ0v) is 18.8. The van der Waals surface area contributed by atoms with E-state index >= 15 is 0 Å². The van der Waals surface area contributed by atoms with Gasteiger partial charge in [-0.25, -0.2) is 8.42 Å². The molecule has 1 atom stereocenters. The Labute approximate surface area is 183 Å². The Bertz CT molecular complexity index is 1030. The summed E-state index contributed by atoms with van der Waals surface area (Å²) in [6.07, 6.45) is 2.37. The molecule has 1 aliphatic rings. The first kappa shape index (κ1) is 23.0. The highest BCUT2D eigenvalue weighted by molar-refractivity contribution is 7.89. The number of hydrogen-bond acceptors (Lipinski definition) is 4. The summed E-state index contributed by atoms with van der Waals surface area (Å²) in [5, 5.41) is 5.66. The van der Waals surface area contributed by atoms with Crippen molar-refractivity contribution in [1.82, 2.24) is 10.0 Å². The van der Waals surface area contributed by atoms with Gasteiger partial charge in [-0.15, -0.1) is 0 Å². The van der Waals surface area contributed by atoms with Gasteiger partial charge in [0.2, 0.25) is 15.9 Å². The molecule has 0 heterocycles. The topological polar surface area (TPSA) is 104 Å². The van der Waals surface area contributed by atoms with Crippen LogP contribution in [-0.4, -0.2) is 32.3 Å². The molecule has 0 aliphatic heterocycles. The first-order valence-electron chi connectivity index (χ1n) is 10.4. The molecule has 1 saturated carbocycles. The molecule has 8 heteroatoms. The lowest BCUT2D eigenvalue weighted by molar-refractivity contribution is -0.118. The van der Waals surface area contributed by atoms with E-state index in [1.807, 2.05) is 20.8 Å². The van der Waals surface area contributed by atoms with Crippen molar-refractivity contribution in [3.63, 3.8) is 0 Å². The Morgan fingerprint density at radius 2 is 1.61 bits per heavy atom. The van der Waals surface area contributed by atoms with Crippen LogP contribution in [0.25, 0.3) is 0 Å². The van der Waals surface area contributed by atoms with Crippen molar-refractivity contribution in [3.8, 4) is 0 Å². The van der Waals surface area contributed by atoms with Crippen LogP contribution in [0.15, 0.2) is 53.4 Å². The van der Waals surface area contributed by atoms with E-state index in [2.05, 4.69) is 15.4 Å². The molecule has 0 bridgehead atoms. The summed E-state index contributed by atoms with van der Waals surface area (Å²) in [7, 11) is -3.85. The molecule has 0 spiro atoms. The van der Waals surface area contributed by atoms with Gasteiger partial charge in [0, 0.05) is 17.3 Å². The van der Waals surface area contributed by atoms with Gasteiger partial charge in [-0.1, -0.05) is 31.5 Å². The summed E-state index contributed by atoms with van der Waals surface area (Å²) in [4.78, 5) is 25.1. The van der Waals surface area contributed by atoms with E-state index < -0.39 is 22.0 Å². The monoisotopic (exact) mass is 443 g/mol. The Hall–Kier alpha value is -2.71. The Morgan fingerprint density at radius 3 is 2.16 bits per heavy atom. The molecule has 0 saturated heterocycles. The number of carbonyl (C=O) groups is 2. The average Bonchev–Trinajstić information content (AvgIpc) is 3.51. The molecule has 2 aromatic carbocycles. The van der Waals surface area contributed by atoms with E-state index in [0.717, 1.165) is 18.4 Å². The fourth-order valence-corrected chi connectivity index (χ4v) is 4.29. The van der Waals surface area contributed by atoms with Crippen molar-refractivity contribution in [2.24, 2.45) is 5.92 Å². The number of rotatable bonds is 9. The van der Waals surface area contributed by atoms with Crippen molar-refractivity contribution in [2.75, 3.05) is 5.32 Å². The predicted molar refractivity (Wildman–Crippen MR) is 120 cm³/mol. The van der Waals surface area contributed by atoms with Gasteiger partial charge in [0.25, 0.3) is 5.91 Å². The normalized spacial score (nSPS) is 14.8. The molecule has 0 radical (unpaired) electrons. The second-order valence-electron chi connectivity index (χ2n) is 8.43. The van der Waals surface area contributed by atoms with Crippen molar-refractivity contribution in [2.45, 2.75) is 57.0 Å². The quantitative estimate of drug-likeness (QED) is 0.553. The van der Waals surface area contributed by atoms with E-state index in [9.17, 15) is 18.0 Å². The van der Waals surface area contributed by atoms with Crippen molar-refractivity contribution in [1.29, 1.82) is 0 Å². The van der Waals surface area contributed by atoms with E-state index in [0.29, 0.717) is 17.7 Å².